The van der Waals surface area contributed by atoms with Gasteiger partial charge in [0.2, 0.25) is 0 Å². The van der Waals surface area contributed by atoms with E-state index in [1.807, 2.05) is 18.2 Å². The third-order valence-corrected chi connectivity index (χ3v) is 5.26. The summed E-state index contributed by atoms with van der Waals surface area (Å²) in [5.74, 6) is 0.826. The molecule has 0 aliphatic carbocycles. The molecule has 1 amide bonds. The van der Waals surface area contributed by atoms with Crippen LogP contribution in [-0.4, -0.2) is 16.6 Å². The van der Waals surface area contributed by atoms with Crippen molar-refractivity contribution in [2.75, 3.05) is 11.1 Å². The quantitative estimate of drug-likeness (QED) is 0.649. The van der Waals surface area contributed by atoms with E-state index in [0.717, 1.165) is 26.0 Å². The van der Waals surface area contributed by atoms with Gasteiger partial charge in [-0.05, 0) is 42.2 Å². The molecule has 1 heterocycles. The van der Waals surface area contributed by atoms with Gasteiger partial charge in [-0.2, -0.15) is 0 Å². The van der Waals surface area contributed by atoms with Gasteiger partial charge in [0.15, 0.2) is 4.34 Å². The topological polar surface area (TPSA) is 42.0 Å². The number of rotatable bonds is 4. The fourth-order valence-electron chi connectivity index (χ4n) is 2.00. The molecule has 0 saturated heterocycles. The van der Waals surface area contributed by atoms with E-state index in [4.69, 9.17) is 11.6 Å². The largest absolute Gasteiger partial charge is 0.322 e. The predicted octanol–water partition coefficient (Wildman–Crippen LogP) is 5.31. The first-order valence-electron chi connectivity index (χ1n) is 6.76. The highest BCUT2D eigenvalue weighted by Gasteiger charge is 2.09. The van der Waals surface area contributed by atoms with Gasteiger partial charge in [0.25, 0.3) is 5.91 Å². The van der Waals surface area contributed by atoms with Gasteiger partial charge in [0, 0.05) is 16.3 Å². The normalized spacial score (nSPS) is 10.8. The summed E-state index contributed by atoms with van der Waals surface area (Å²) < 4.78 is 2.12. The molecule has 0 fully saturated rings. The standard InChI is InChI=1S/C16H13ClN2OS2/c1-2-21-16-19-13-7-6-12(9-14(13)22-16)18-15(20)10-4-3-5-11(17)8-10/h3-9H,2H2,1H3,(H,18,20). The van der Waals surface area contributed by atoms with Crippen LogP contribution >= 0.6 is 34.7 Å². The van der Waals surface area contributed by atoms with Crippen LogP contribution in [0, 0.1) is 0 Å². The SMILES string of the molecule is CCSc1nc2ccc(NC(=O)c3cccc(Cl)c3)cc2s1. The van der Waals surface area contributed by atoms with Crippen LogP contribution in [0.3, 0.4) is 0 Å². The van der Waals surface area contributed by atoms with Gasteiger partial charge >= 0.3 is 0 Å². The molecule has 2 aromatic carbocycles. The summed E-state index contributed by atoms with van der Waals surface area (Å²) in [5.41, 5.74) is 2.26. The third kappa shape index (κ3) is 3.43. The number of hydrogen-bond donors (Lipinski definition) is 1. The summed E-state index contributed by atoms with van der Waals surface area (Å²) in [6.45, 7) is 2.10. The van der Waals surface area contributed by atoms with Crippen LogP contribution in [0.4, 0.5) is 5.69 Å². The van der Waals surface area contributed by atoms with Crippen molar-refractivity contribution >= 4 is 56.5 Å². The maximum Gasteiger partial charge on any atom is 0.255 e. The Morgan fingerprint density at radius 2 is 2.18 bits per heavy atom. The lowest BCUT2D eigenvalue weighted by molar-refractivity contribution is 0.102. The maximum atomic E-state index is 12.2. The molecule has 0 atom stereocenters. The highest BCUT2D eigenvalue weighted by atomic mass is 35.5. The Morgan fingerprint density at radius 1 is 1.32 bits per heavy atom. The molecular weight excluding hydrogens is 336 g/mol. The Bertz CT molecular complexity index is 832. The number of carbonyl (C=O) groups is 1. The zero-order valence-corrected chi connectivity index (χ0v) is 14.2. The second kappa shape index (κ2) is 6.69. The second-order valence-corrected chi connectivity index (χ2v) is 7.54. The Balaban J connectivity index is 1.82. The van der Waals surface area contributed by atoms with Crippen molar-refractivity contribution in [1.29, 1.82) is 0 Å². The average molecular weight is 349 g/mol. The van der Waals surface area contributed by atoms with Crippen molar-refractivity contribution in [1.82, 2.24) is 4.98 Å². The molecule has 3 nitrogen and oxygen atoms in total. The number of aromatic nitrogens is 1. The fourth-order valence-corrected chi connectivity index (χ4v) is 4.19. The van der Waals surface area contributed by atoms with Crippen molar-refractivity contribution in [2.24, 2.45) is 0 Å². The van der Waals surface area contributed by atoms with E-state index in [9.17, 15) is 4.79 Å². The second-order valence-electron chi connectivity index (χ2n) is 4.56. The number of thioether (sulfide) groups is 1. The Morgan fingerprint density at radius 3 is 2.95 bits per heavy atom. The molecule has 0 unspecified atom stereocenters. The summed E-state index contributed by atoms with van der Waals surface area (Å²) in [4.78, 5) is 16.8. The van der Waals surface area contributed by atoms with Gasteiger partial charge in [-0.25, -0.2) is 4.98 Å². The minimum Gasteiger partial charge on any atom is -0.322 e. The number of benzene rings is 2. The number of halogens is 1. The summed E-state index contributed by atoms with van der Waals surface area (Å²) in [7, 11) is 0. The summed E-state index contributed by atoms with van der Waals surface area (Å²) in [5, 5.41) is 3.44. The Labute approximate surface area is 141 Å². The molecule has 0 bridgehead atoms. The van der Waals surface area contributed by atoms with Gasteiger partial charge in [0.1, 0.15) is 0 Å². The zero-order valence-electron chi connectivity index (χ0n) is 11.8. The monoisotopic (exact) mass is 348 g/mol. The van der Waals surface area contributed by atoms with E-state index in [2.05, 4.69) is 17.2 Å². The molecule has 3 rings (SSSR count). The molecule has 1 N–H and O–H groups in total. The highest BCUT2D eigenvalue weighted by Crippen LogP contribution is 2.31. The van der Waals surface area contributed by atoms with Crippen molar-refractivity contribution in [3.8, 4) is 0 Å². The third-order valence-electron chi connectivity index (χ3n) is 2.98. The number of nitrogens with one attached hydrogen (secondary N) is 1. The van der Waals surface area contributed by atoms with Crippen LogP contribution in [0.15, 0.2) is 46.8 Å². The molecule has 0 radical (unpaired) electrons. The number of hydrogen-bond acceptors (Lipinski definition) is 4. The number of amides is 1. The Hall–Kier alpha value is -1.56. The molecule has 0 aliphatic rings. The lowest BCUT2D eigenvalue weighted by atomic mass is 10.2. The van der Waals surface area contributed by atoms with E-state index in [0.29, 0.717) is 10.6 Å². The van der Waals surface area contributed by atoms with Crippen LogP contribution in [0.2, 0.25) is 5.02 Å². The molecule has 22 heavy (non-hydrogen) atoms. The molecule has 0 saturated carbocycles. The van der Waals surface area contributed by atoms with Crippen LogP contribution in [0.5, 0.6) is 0 Å². The van der Waals surface area contributed by atoms with Gasteiger partial charge < -0.3 is 5.32 Å². The minimum absolute atomic E-state index is 0.172. The van der Waals surface area contributed by atoms with Gasteiger partial charge in [-0.15, -0.1) is 11.3 Å². The van der Waals surface area contributed by atoms with Crippen LogP contribution in [0.1, 0.15) is 17.3 Å². The smallest absolute Gasteiger partial charge is 0.255 e. The maximum absolute atomic E-state index is 12.2. The molecule has 1 aromatic heterocycles. The van der Waals surface area contributed by atoms with Crippen molar-refractivity contribution in [3.05, 3.63) is 53.1 Å². The summed E-state index contributed by atoms with van der Waals surface area (Å²) in [6.07, 6.45) is 0. The molecule has 112 valence electrons. The van der Waals surface area contributed by atoms with Crippen molar-refractivity contribution in [3.63, 3.8) is 0 Å². The lowest BCUT2D eigenvalue weighted by Gasteiger charge is -2.05. The zero-order chi connectivity index (χ0) is 15.5. The van der Waals surface area contributed by atoms with Crippen LogP contribution in [0.25, 0.3) is 10.2 Å². The van der Waals surface area contributed by atoms with Crippen molar-refractivity contribution < 1.29 is 4.79 Å². The molecular formula is C16H13ClN2OS2. The number of thiazole rings is 1. The van der Waals surface area contributed by atoms with E-state index < -0.39 is 0 Å². The number of anilines is 1. The fraction of sp³-hybridized carbons (Fsp3) is 0.125. The van der Waals surface area contributed by atoms with Crippen molar-refractivity contribution in [2.45, 2.75) is 11.3 Å². The number of carbonyl (C=O) groups excluding carboxylic acids is 1. The summed E-state index contributed by atoms with van der Waals surface area (Å²) >= 11 is 9.28. The first-order chi connectivity index (χ1) is 10.7. The molecule has 6 heteroatoms. The lowest BCUT2D eigenvalue weighted by Crippen LogP contribution is -2.11. The van der Waals surface area contributed by atoms with Gasteiger partial charge in [-0.3, -0.25) is 4.79 Å². The number of nitrogens with zero attached hydrogens (tertiary/aromatic N) is 1. The molecule has 3 aromatic rings. The van der Waals surface area contributed by atoms with E-state index in [1.165, 1.54) is 0 Å². The first-order valence-corrected chi connectivity index (χ1v) is 8.94. The van der Waals surface area contributed by atoms with Gasteiger partial charge in [-0.1, -0.05) is 36.4 Å². The van der Waals surface area contributed by atoms with Gasteiger partial charge in [0.05, 0.1) is 10.2 Å². The van der Waals surface area contributed by atoms with Crippen LogP contribution < -0.4 is 5.32 Å². The first kappa shape index (κ1) is 15.3. The van der Waals surface area contributed by atoms with E-state index in [-0.39, 0.29) is 5.91 Å². The van der Waals surface area contributed by atoms with E-state index in [1.54, 1.807) is 47.4 Å². The molecule has 0 aliphatic heterocycles. The number of fused-ring (bicyclic) bond motifs is 1. The van der Waals surface area contributed by atoms with Crippen LogP contribution in [-0.2, 0) is 0 Å². The average Bonchev–Trinajstić information content (AvgIpc) is 2.89. The Kier molecular flexibility index (Phi) is 4.66. The predicted molar refractivity (Wildman–Crippen MR) is 95.4 cm³/mol. The molecule has 0 spiro atoms. The summed E-state index contributed by atoms with van der Waals surface area (Å²) in [6, 6.07) is 12.6. The van der Waals surface area contributed by atoms with E-state index >= 15 is 0 Å². The minimum atomic E-state index is -0.172. The highest BCUT2D eigenvalue weighted by molar-refractivity contribution is 8.01.